The van der Waals surface area contributed by atoms with Crippen LogP contribution in [0.25, 0.3) is 0 Å². The van der Waals surface area contributed by atoms with Crippen molar-refractivity contribution < 1.29 is 9.84 Å². The van der Waals surface area contributed by atoms with Crippen molar-refractivity contribution in [2.45, 2.75) is 20.3 Å². The van der Waals surface area contributed by atoms with Gasteiger partial charge < -0.3 is 15.6 Å². The highest BCUT2D eigenvalue weighted by atomic mass is 16.5. The van der Waals surface area contributed by atoms with Gasteiger partial charge in [0.25, 0.3) is 0 Å². The van der Waals surface area contributed by atoms with E-state index in [1.807, 2.05) is 19.9 Å². The van der Waals surface area contributed by atoms with Crippen LogP contribution < -0.4 is 10.5 Å². The van der Waals surface area contributed by atoms with E-state index in [4.69, 9.17) is 10.5 Å². The maximum atomic E-state index is 9.83. The van der Waals surface area contributed by atoms with Crippen LogP contribution in [0.2, 0.25) is 0 Å². The highest BCUT2D eigenvalue weighted by molar-refractivity contribution is 5.52. The second-order valence-corrected chi connectivity index (χ2v) is 3.40. The van der Waals surface area contributed by atoms with Crippen LogP contribution in [0.4, 0.5) is 0 Å². The van der Waals surface area contributed by atoms with Crippen molar-refractivity contribution in [1.29, 1.82) is 0 Å². The Morgan fingerprint density at radius 3 is 2.57 bits per heavy atom. The number of aryl methyl sites for hydroxylation is 1. The summed E-state index contributed by atoms with van der Waals surface area (Å²) in [6.45, 7) is 4.35. The van der Waals surface area contributed by atoms with Crippen molar-refractivity contribution in [3.05, 3.63) is 22.8 Å². The Hall–Kier alpha value is -1.22. The summed E-state index contributed by atoms with van der Waals surface area (Å²) >= 11 is 0. The maximum Gasteiger partial charge on any atom is 0.128 e. The second-order valence-electron chi connectivity index (χ2n) is 3.40. The molecule has 0 radical (unpaired) electrons. The van der Waals surface area contributed by atoms with Crippen LogP contribution in [-0.4, -0.2) is 18.8 Å². The van der Waals surface area contributed by atoms with Gasteiger partial charge in [-0.2, -0.15) is 0 Å². The van der Waals surface area contributed by atoms with E-state index in [1.165, 1.54) is 0 Å². The Kier molecular flexibility index (Phi) is 3.36. The topological polar surface area (TPSA) is 55.5 Å². The van der Waals surface area contributed by atoms with Crippen molar-refractivity contribution in [2.75, 3.05) is 13.7 Å². The van der Waals surface area contributed by atoms with Crippen LogP contribution in [0.3, 0.4) is 0 Å². The van der Waals surface area contributed by atoms with Gasteiger partial charge in [-0.25, -0.2) is 0 Å². The standard InChI is InChI=1S/C11H17NO2/c1-7-6-9(4-5-12)10(13)8(2)11(7)14-3/h6,13H,4-5,12H2,1-3H3. The minimum Gasteiger partial charge on any atom is -0.507 e. The van der Waals surface area contributed by atoms with Crippen LogP contribution in [0.5, 0.6) is 11.5 Å². The summed E-state index contributed by atoms with van der Waals surface area (Å²) in [6.07, 6.45) is 0.692. The zero-order valence-corrected chi connectivity index (χ0v) is 8.92. The van der Waals surface area contributed by atoms with E-state index < -0.39 is 0 Å². The molecule has 0 bridgehead atoms. The normalized spacial score (nSPS) is 10.3. The number of hydrogen-bond acceptors (Lipinski definition) is 3. The van der Waals surface area contributed by atoms with E-state index in [0.29, 0.717) is 18.7 Å². The SMILES string of the molecule is COc1c(C)cc(CCN)c(O)c1C. The van der Waals surface area contributed by atoms with Gasteiger partial charge >= 0.3 is 0 Å². The van der Waals surface area contributed by atoms with Crippen molar-refractivity contribution >= 4 is 0 Å². The van der Waals surface area contributed by atoms with Gasteiger partial charge in [0.1, 0.15) is 11.5 Å². The predicted octanol–water partition coefficient (Wildman–Crippen LogP) is 1.52. The lowest BCUT2D eigenvalue weighted by atomic mass is 10.0. The molecule has 0 saturated carbocycles. The van der Waals surface area contributed by atoms with Crippen molar-refractivity contribution in [2.24, 2.45) is 5.73 Å². The third kappa shape index (κ3) is 1.82. The molecule has 14 heavy (non-hydrogen) atoms. The Morgan fingerprint density at radius 2 is 2.07 bits per heavy atom. The number of nitrogens with two attached hydrogens (primary N) is 1. The van der Waals surface area contributed by atoms with Gasteiger partial charge in [-0.1, -0.05) is 0 Å². The van der Waals surface area contributed by atoms with Crippen LogP contribution in [-0.2, 0) is 6.42 Å². The number of ether oxygens (including phenoxy) is 1. The van der Waals surface area contributed by atoms with Crippen molar-refractivity contribution in [1.82, 2.24) is 0 Å². The summed E-state index contributed by atoms with van der Waals surface area (Å²) < 4.78 is 5.20. The molecule has 3 heteroatoms. The third-order valence-electron chi connectivity index (χ3n) is 2.37. The Morgan fingerprint density at radius 1 is 1.43 bits per heavy atom. The Balaban J connectivity index is 3.25. The third-order valence-corrected chi connectivity index (χ3v) is 2.37. The summed E-state index contributed by atoms with van der Waals surface area (Å²) in [4.78, 5) is 0. The van der Waals surface area contributed by atoms with Gasteiger partial charge in [0, 0.05) is 5.56 Å². The fourth-order valence-electron chi connectivity index (χ4n) is 1.70. The van der Waals surface area contributed by atoms with Crippen molar-refractivity contribution in [3.63, 3.8) is 0 Å². The number of rotatable bonds is 3. The summed E-state index contributed by atoms with van der Waals surface area (Å²) in [5.74, 6) is 1.06. The molecule has 0 aliphatic heterocycles. The van der Waals surface area contributed by atoms with E-state index in [-0.39, 0.29) is 0 Å². The van der Waals surface area contributed by atoms with Crippen LogP contribution >= 0.6 is 0 Å². The quantitative estimate of drug-likeness (QED) is 0.768. The molecule has 0 saturated heterocycles. The zero-order valence-electron chi connectivity index (χ0n) is 8.92. The lowest BCUT2D eigenvalue weighted by Crippen LogP contribution is -2.04. The number of phenolic OH excluding ortho intramolecular Hbond substituents is 1. The van der Waals surface area contributed by atoms with E-state index in [1.54, 1.807) is 7.11 Å². The average Bonchev–Trinajstić information content (AvgIpc) is 2.15. The lowest BCUT2D eigenvalue weighted by molar-refractivity contribution is 0.398. The van der Waals surface area contributed by atoms with Gasteiger partial charge in [0.15, 0.2) is 0 Å². The second kappa shape index (κ2) is 4.33. The van der Waals surface area contributed by atoms with Crippen LogP contribution in [0, 0.1) is 13.8 Å². The molecular formula is C11H17NO2. The molecule has 1 rings (SSSR count). The highest BCUT2D eigenvalue weighted by Gasteiger charge is 2.11. The first-order valence-electron chi connectivity index (χ1n) is 4.68. The Bertz CT molecular complexity index is 335. The number of phenols is 1. The number of benzene rings is 1. The molecular weight excluding hydrogens is 178 g/mol. The van der Waals surface area contributed by atoms with Crippen LogP contribution in [0.1, 0.15) is 16.7 Å². The summed E-state index contributed by atoms with van der Waals surface area (Å²) in [7, 11) is 1.61. The number of methoxy groups -OCH3 is 1. The van der Waals surface area contributed by atoms with Gasteiger partial charge in [0.2, 0.25) is 0 Å². The minimum absolute atomic E-state index is 0.304. The smallest absolute Gasteiger partial charge is 0.128 e. The zero-order chi connectivity index (χ0) is 10.7. The van der Waals surface area contributed by atoms with Gasteiger partial charge in [-0.3, -0.25) is 0 Å². The fraction of sp³-hybridized carbons (Fsp3) is 0.455. The first-order chi connectivity index (χ1) is 6.61. The summed E-state index contributed by atoms with van der Waals surface area (Å²) in [5.41, 5.74) is 8.17. The molecule has 0 atom stereocenters. The molecule has 0 spiro atoms. The van der Waals surface area contributed by atoms with Gasteiger partial charge in [0.05, 0.1) is 7.11 Å². The number of hydrogen-bond donors (Lipinski definition) is 2. The molecule has 0 aromatic heterocycles. The molecule has 1 aromatic rings. The maximum absolute atomic E-state index is 9.83. The molecule has 0 aliphatic rings. The number of aromatic hydroxyl groups is 1. The summed E-state index contributed by atoms with van der Waals surface area (Å²) in [5, 5.41) is 9.83. The molecule has 0 fully saturated rings. The fourth-order valence-corrected chi connectivity index (χ4v) is 1.70. The molecule has 78 valence electrons. The minimum atomic E-state index is 0.304. The predicted molar refractivity (Wildman–Crippen MR) is 56.9 cm³/mol. The monoisotopic (exact) mass is 195 g/mol. The molecule has 0 aliphatic carbocycles. The molecule has 0 amide bonds. The summed E-state index contributed by atoms with van der Waals surface area (Å²) in [6, 6.07) is 1.92. The molecule has 3 nitrogen and oxygen atoms in total. The molecule has 0 heterocycles. The average molecular weight is 195 g/mol. The van der Waals surface area contributed by atoms with Gasteiger partial charge in [-0.05, 0) is 44.0 Å². The van der Waals surface area contributed by atoms with Crippen LogP contribution in [0.15, 0.2) is 6.07 Å². The van der Waals surface area contributed by atoms with Gasteiger partial charge in [-0.15, -0.1) is 0 Å². The molecule has 3 N–H and O–H groups in total. The molecule has 1 aromatic carbocycles. The van der Waals surface area contributed by atoms with E-state index in [2.05, 4.69) is 0 Å². The first kappa shape index (κ1) is 10.9. The highest BCUT2D eigenvalue weighted by Crippen LogP contribution is 2.33. The Labute approximate surface area is 84.5 Å². The van der Waals surface area contributed by atoms with E-state index in [9.17, 15) is 5.11 Å². The van der Waals surface area contributed by atoms with E-state index in [0.717, 1.165) is 22.4 Å². The lowest BCUT2D eigenvalue weighted by Gasteiger charge is -2.13. The molecule has 0 unspecified atom stereocenters. The van der Waals surface area contributed by atoms with E-state index >= 15 is 0 Å². The van der Waals surface area contributed by atoms with Crippen molar-refractivity contribution in [3.8, 4) is 11.5 Å². The largest absolute Gasteiger partial charge is 0.507 e. The first-order valence-corrected chi connectivity index (χ1v) is 4.68.